The first-order valence-electron chi connectivity index (χ1n) is 9.32. The van der Waals surface area contributed by atoms with E-state index in [1.807, 2.05) is 36.4 Å². The molecule has 148 valence electrons. The van der Waals surface area contributed by atoms with Crippen molar-refractivity contribution in [2.45, 2.75) is 45.4 Å². The Morgan fingerprint density at radius 3 is 2.79 bits per heavy atom. The molecule has 2 aromatic carbocycles. The highest BCUT2D eigenvalue weighted by atomic mass is 127. The van der Waals surface area contributed by atoms with Crippen molar-refractivity contribution in [2.75, 3.05) is 6.54 Å². The summed E-state index contributed by atoms with van der Waals surface area (Å²) >= 11 is 0. The molecule has 0 fully saturated rings. The zero-order valence-corrected chi connectivity index (χ0v) is 18.9. The lowest BCUT2D eigenvalue weighted by Crippen LogP contribution is -2.45. The van der Waals surface area contributed by atoms with Crippen molar-refractivity contribution in [3.8, 4) is 11.8 Å². The fourth-order valence-corrected chi connectivity index (χ4v) is 3.33. The number of nitriles is 1. The monoisotopic (exact) mass is 490 g/mol. The average molecular weight is 490 g/mol. The van der Waals surface area contributed by atoms with Crippen LogP contribution >= 0.6 is 24.0 Å². The zero-order chi connectivity index (χ0) is 19.3. The molecule has 0 saturated heterocycles. The summed E-state index contributed by atoms with van der Waals surface area (Å²) in [6.07, 6.45) is 0.846. The molecule has 1 aliphatic heterocycles. The Kier molecular flexibility index (Phi) is 7.69. The molecule has 6 heteroatoms. The summed E-state index contributed by atoms with van der Waals surface area (Å²) in [5, 5.41) is 15.9. The van der Waals surface area contributed by atoms with Crippen molar-refractivity contribution in [1.82, 2.24) is 10.6 Å². The van der Waals surface area contributed by atoms with Crippen LogP contribution in [-0.4, -0.2) is 18.1 Å². The predicted octanol–water partition coefficient (Wildman–Crippen LogP) is 4.53. The topological polar surface area (TPSA) is 69.4 Å². The number of guanidine groups is 1. The minimum absolute atomic E-state index is 0. The second-order valence-electron chi connectivity index (χ2n) is 7.31. The summed E-state index contributed by atoms with van der Waals surface area (Å²) in [6, 6.07) is 18.0. The van der Waals surface area contributed by atoms with Crippen LogP contribution < -0.4 is 15.4 Å². The smallest absolute Gasteiger partial charge is 0.192 e. The summed E-state index contributed by atoms with van der Waals surface area (Å²) in [5.74, 6) is 1.68. The molecule has 0 aromatic heterocycles. The molecule has 5 nitrogen and oxygen atoms in total. The second-order valence-corrected chi connectivity index (χ2v) is 7.31. The van der Waals surface area contributed by atoms with E-state index in [2.05, 4.69) is 43.5 Å². The number of halogens is 1. The standard InChI is InChI=1S/C22H26N4O.HI/c1-4-24-21(25-15-17-9-7-8-16(12-17)14-23)26-19-13-22(2,3)27-20-11-6-5-10-18(19)20;/h5-12,19H,4,13,15H2,1-3H3,(H2,24,25,26);1H. The Hall–Kier alpha value is -2.27. The lowest BCUT2D eigenvalue weighted by Gasteiger charge is -2.38. The van der Waals surface area contributed by atoms with Gasteiger partial charge in [-0.3, -0.25) is 0 Å². The van der Waals surface area contributed by atoms with Gasteiger partial charge in [0.1, 0.15) is 11.4 Å². The van der Waals surface area contributed by atoms with Crippen LogP contribution in [0.15, 0.2) is 53.5 Å². The van der Waals surface area contributed by atoms with E-state index >= 15 is 0 Å². The average Bonchev–Trinajstić information content (AvgIpc) is 2.65. The van der Waals surface area contributed by atoms with Gasteiger partial charge in [0.05, 0.1) is 24.2 Å². The van der Waals surface area contributed by atoms with E-state index in [-0.39, 0.29) is 35.6 Å². The van der Waals surface area contributed by atoms with Gasteiger partial charge in [-0.2, -0.15) is 5.26 Å². The van der Waals surface area contributed by atoms with Crippen LogP contribution in [-0.2, 0) is 6.54 Å². The summed E-state index contributed by atoms with van der Waals surface area (Å²) in [7, 11) is 0. The molecule has 0 spiro atoms. The molecule has 1 aliphatic rings. The normalized spacial score (nSPS) is 17.4. The number of hydrogen-bond acceptors (Lipinski definition) is 3. The second kappa shape index (κ2) is 9.78. The van der Waals surface area contributed by atoms with Crippen molar-refractivity contribution in [1.29, 1.82) is 5.26 Å². The molecule has 28 heavy (non-hydrogen) atoms. The number of aliphatic imine (C=N–C) groups is 1. The van der Waals surface area contributed by atoms with E-state index < -0.39 is 0 Å². The highest BCUT2D eigenvalue weighted by Crippen LogP contribution is 2.39. The quantitative estimate of drug-likeness (QED) is 0.376. The number of rotatable bonds is 4. The van der Waals surface area contributed by atoms with E-state index in [4.69, 9.17) is 15.0 Å². The fourth-order valence-electron chi connectivity index (χ4n) is 3.33. The minimum Gasteiger partial charge on any atom is -0.487 e. The van der Waals surface area contributed by atoms with Crippen LogP contribution in [0, 0.1) is 11.3 Å². The van der Waals surface area contributed by atoms with Crippen molar-refractivity contribution >= 4 is 29.9 Å². The van der Waals surface area contributed by atoms with Crippen LogP contribution in [0.4, 0.5) is 0 Å². The summed E-state index contributed by atoms with van der Waals surface area (Å²) in [5.41, 5.74) is 2.57. The van der Waals surface area contributed by atoms with Crippen LogP contribution in [0.5, 0.6) is 5.75 Å². The number of fused-ring (bicyclic) bond motifs is 1. The third-order valence-electron chi connectivity index (χ3n) is 4.51. The maximum absolute atomic E-state index is 9.06. The number of benzene rings is 2. The van der Waals surface area contributed by atoms with Gasteiger partial charge in [0.2, 0.25) is 0 Å². The van der Waals surface area contributed by atoms with Gasteiger partial charge in [-0.15, -0.1) is 24.0 Å². The largest absolute Gasteiger partial charge is 0.487 e. The molecule has 1 heterocycles. The summed E-state index contributed by atoms with van der Waals surface area (Å²) in [4.78, 5) is 4.72. The molecule has 2 N–H and O–H groups in total. The highest BCUT2D eigenvalue weighted by Gasteiger charge is 2.33. The summed E-state index contributed by atoms with van der Waals surface area (Å²) < 4.78 is 6.11. The number of ether oxygens (including phenoxy) is 1. The number of para-hydroxylation sites is 1. The summed E-state index contributed by atoms with van der Waals surface area (Å²) in [6.45, 7) is 7.55. The van der Waals surface area contributed by atoms with Gasteiger partial charge >= 0.3 is 0 Å². The van der Waals surface area contributed by atoms with Gasteiger partial charge in [-0.25, -0.2) is 4.99 Å². The lowest BCUT2D eigenvalue weighted by atomic mass is 9.90. The molecular weight excluding hydrogens is 463 g/mol. The molecule has 2 aromatic rings. The van der Waals surface area contributed by atoms with Gasteiger partial charge in [0.25, 0.3) is 0 Å². The first kappa shape index (κ1) is 22.0. The Labute approximate surface area is 184 Å². The molecule has 3 rings (SSSR count). The molecule has 1 unspecified atom stereocenters. The number of nitrogens with zero attached hydrogens (tertiary/aromatic N) is 2. The maximum atomic E-state index is 9.06. The Morgan fingerprint density at radius 2 is 2.04 bits per heavy atom. The molecule has 0 bridgehead atoms. The molecule has 0 saturated carbocycles. The molecule has 0 amide bonds. The SMILES string of the molecule is CCNC(=NCc1cccc(C#N)c1)NC1CC(C)(C)Oc2ccccc21.I. The van der Waals surface area contributed by atoms with Gasteiger partial charge in [-0.05, 0) is 44.5 Å². The van der Waals surface area contributed by atoms with Gasteiger partial charge in [-0.1, -0.05) is 30.3 Å². The van der Waals surface area contributed by atoms with Crippen molar-refractivity contribution in [3.63, 3.8) is 0 Å². The van der Waals surface area contributed by atoms with Gasteiger partial charge in [0.15, 0.2) is 5.96 Å². The fraction of sp³-hybridized carbons (Fsp3) is 0.364. The maximum Gasteiger partial charge on any atom is 0.192 e. The lowest BCUT2D eigenvalue weighted by molar-refractivity contribution is 0.0694. The molecule has 0 aliphatic carbocycles. The Morgan fingerprint density at radius 1 is 1.25 bits per heavy atom. The first-order chi connectivity index (χ1) is 13.0. The highest BCUT2D eigenvalue weighted by molar-refractivity contribution is 14.0. The van der Waals surface area contributed by atoms with E-state index in [1.54, 1.807) is 6.07 Å². The Bertz CT molecular complexity index is 873. The van der Waals surface area contributed by atoms with E-state index in [0.29, 0.717) is 12.1 Å². The minimum atomic E-state index is -0.246. The predicted molar refractivity (Wildman–Crippen MR) is 123 cm³/mol. The van der Waals surface area contributed by atoms with Crippen LogP contribution in [0.3, 0.4) is 0 Å². The number of hydrogen-bond donors (Lipinski definition) is 2. The zero-order valence-electron chi connectivity index (χ0n) is 16.5. The van der Waals surface area contributed by atoms with Crippen molar-refractivity contribution in [3.05, 3.63) is 65.2 Å². The van der Waals surface area contributed by atoms with Gasteiger partial charge < -0.3 is 15.4 Å². The van der Waals surface area contributed by atoms with Crippen molar-refractivity contribution in [2.24, 2.45) is 4.99 Å². The van der Waals surface area contributed by atoms with Crippen LogP contribution in [0.25, 0.3) is 0 Å². The van der Waals surface area contributed by atoms with Gasteiger partial charge in [0, 0.05) is 18.5 Å². The van der Waals surface area contributed by atoms with E-state index in [1.165, 1.54) is 0 Å². The third kappa shape index (κ3) is 5.61. The van der Waals surface area contributed by atoms with Crippen LogP contribution in [0.2, 0.25) is 0 Å². The van der Waals surface area contributed by atoms with Crippen molar-refractivity contribution < 1.29 is 4.74 Å². The number of nitrogens with one attached hydrogen (secondary N) is 2. The Balaban J connectivity index is 0.00000280. The molecule has 1 atom stereocenters. The van der Waals surface area contributed by atoms with E-state index in [0.717, 1.165) is 35.8 Å². The van der Waals surface area contributed by atoms with E-state index in [9.17, 15) is 0 Å². The third-order valence-corrected chi connectivity index (χ3v) is 4.51. The molecule has 0 radical (unpaired) electrons. The first-order valence-corrected chi connectivity index (χ1v) is 9.32. The van der Waals surface area contributed by atoms with Crippen LogP contribution in [0.1, 0.15) is 49.9 Å². The molecular formula is C22H27IN4O.